The van der Waals surface area contributed by atoms with Crippen molar-refractivity contribution in [1.29, 1.82) is 0 Å². The van der Waals surface area contributed by atoms with E-state index in [1.165, 1.54) is 25.7 Å². The fraction of sp³-hybridized carbons (Fsp3) is 0.667. The Kier molecular flexibility index (Phi) is 4.50. The highest BCUT2D eigenvalue weighted by molar-refractivity contribution is 9.13. The van der Waals surface area contributed by atoms with Crippen LogP contribution in [0.4, 0.5) is 0 Å². The van der Waals surface area contributed by atoms with Gasteiger partial charge in [0, 0.05) is 6.04 Å². The predicted molar refractivity (Wildman–Crippen MR) is 72.4 cm³/mol. The minimum absolute atomic E-state index is 0.588. The Balaban J connectivity index is 1.82. The van der Waals surface area contributed by atoms with Crippen LogP contribution in [0, 0.1) is 5.92 Å². The second-order valence-electron chi connectivity index (χ2n) is 4.55. The molecule has 0 spiro atoms. The summed E-state index contributed by atoms with van der Waals surface area (Å²) in [5.74, 6) is 1.82. The molecule has 1 saturated carbocycles. The maximum atomic E-state index is 5.53. The molecule has 1 atom stereocenters. The molecule has 1 fully saturated rings. The SMILES string of the molecule is C[C@@H](NCc1cc(Br)c(Br)o1)C1CCCC1. The van der Waals surface area contributed by atoms with Crippen molar-refractivity contribution in [2.75, 3.05) is 0 Å². The third-order valence-corrected chi connectivity index (χ3v) is 5.11. The molecule has 0 aliphatic heterocycles. The molecule has 2 rings (SSSR count). The molecule has 1 aliphatic rings. The molecule has 0 radical (unpaired) electrons. The molecular formula is C12H17Br2NO. The summed E-state index contributed by atoms with van der Waals surface area (Å²) in [6, 6.07) is 2.60. The maximum Gasteiger partial charge on any atom is 0.183 e. The zero-order chi connectivity index (χ0) is 11.5. The van der Waals surface area contributed by atoms with E-state index in [0.717, 1.165) is 27.4 Å². The van der Waals surface area contributed by atoms with Gasteiger partial charge in [-0.3, -0.25) is 0 Å². The van der Waals surface area contributed by atoms with Crippen molar-refractivity contribution in [2.45, 2.75) is 45.2 Å². The molecule has 1 N–H and O–H groups in total. The molecule has 90 valence electrons. The van der Waals surface area contributed by atoms with Crippen LogP contribution >= 0.6 is 31.9 Å². The standard InChI is InChI=1S/C12H17Br2NO/c1-8(9-4-2-3-5-9)15-7-10-6-11(13)12(14)16-10/h6,8-9,15H,2-5,7H2,1H3/t8-/m1/s1. The fourth-order valence-corrected chi connectivity index (χ4v) is 3.02. The molecule has 1 aliphatic carbocycles. The first-order valence-electron chi connectivity index (χ1n) is 5.84. The molecule has 1 aromatic heterocycles. The van der Waals surface area contributed by atoms with E-state index in [1.807, 2.05) is 6.07 Å². The second kappa shape index (κ2) is 5.69. The molecule has 1 aromatic rings. The van der Waals surface area contributed by atoms with E-state index in [-0.39, 0.29) is 0 Å². The average molecular weight is 351 g/mol. The van der Waals surface area contributed by atoms with Crippen LogP contribution in [0.2, 0.25) is 0 Å². The van der Waals surface area contributed by atoms with Gasteiger partial charge in [-0.05, 0) is 63.6 Å². The van der Waals surface area contributed by atoms with E-state index in [0.29, 0.717) is 6.04 Å². The summed E-state index contributed by atoms with van der Waals surface area (Å²) in [5, 5.41) is 3.55. The number of halogens is 2. The van der Waals surface area contributed by atoms with Crippen molar-refractivity contribution < 1.29 is 4.42 Å². The third-order valence-electron chi connectivity index (χ3n) is 3.40. The topological polar surface area (TPSA) is 25.2 Å². The fourth-order valence-electron chi connectivity index (χ4n) is 2.36. The summed E-state index contributed by atoms with van der Waals surface area (Å²) in [6.45, 7) is 3.09. The molecule has 0 amide bonds. The van der Waals surface area contributed by atoms with Crippen molar-refractivity contribution in [3.05, 3.63) is 21.0 Å². The summed E-state index contributed by atoms with van der Waals surface area (Å²) in [6.07, 6.45) is 5.54. The van der Waals surface area contributed by atoms with Crippen LogP contribution in [0.15, 0.2) is 19.6 Å². The maximum absolute atomic E-state index is 5.53. The van der Waals surface area contributed by atoms with Crippen molar-refractivity contribution in [2.24, 2.45) is 5.92 Å². The van der Waals surface area contributed by atoms with Crippen molar-refractivity contribution in [3.8, 4) is 0 Å². The summed E-state index contributed by atoms with van der Waals surface area (Å²) in [5.41, 5.74) is 0. The predicted octanol–water partition coefficient (Wildman–Crippen LogP) is 4.47. The summed E-state index contributed by atoms with van der Waals surface area (Å²) >= 11 is 6.77. The zero-order valence-corrected chi connectivity index (χ0v) is 12.6. The van der Waals surface area contributed by atoms with Gasteiger partial charge < -0.3 is 9.73 Å². The minimum atomic E-state index is 0.588. The molecule has 0 aromatic carbocycles. The quantitative estimate of drug-likeness (QED) is 0.866. The van der Waals surface area contributed by atoms with Gasteiger partial charge in [0.25, 0.3) is 0 Å². The summed E-state index contributed by atoms with van der Waals surface area (Å²) < 4.78 is 7.29. The Hall–Kier alpha value is 0.200. The van der Waals surface area contributed by atoms with E-state index >= 15 is 0 Å². The largest absolute Gasteiger partial charge is 0.452 e. The van der Waals surface area contributed by atoms with E-state index in [4.69, 9.17) is 4.42 Å². The van der Waals surface area contributed by atoms with E-state index in [2.05, 4.69) is 44.1 Å². The van der Waals surface area contributed by atoms with Gasteiger partial charge in [-0.15, -0.1) is 0 Å². The first kappa shape index (κ1) is 12.7. The van der Waals surface area contributed by atoms with Gasteiger partial charge in [0.1, 0.15) is 5.76 Å². The van der Waals surface area contributed by atoms with Crippen LogP contribution in [0.25, 0.3) is 0 Å². The number of hydrogen-bond acceptors (Lipinski definition) is 2. The first-order chi connectivity index (χ1) is 7.66. The van der Waals surface area contributed by atoms with Gasteiger partial charge in [-0.2, -0.15) is 0 Å². The molecule has 4 heteroatoms. The van der Waals surface area contributed by atoms with Crippen molar-refractivity contribution in [3.63, 3.8) is 0 Å². The first-order valence-corrected chi connectivity index (χ1v) is 7.42. The van der Waals surface area contributed by atoms with Crippen LogP contribution in [-0.2, 0) is 6.54 Å². The Morgan fingerprint density at radius 3 is 2.69 bits per heavy atom. The molecule has 0 bridgehead atoms. The molecular weight excluding hydrogens is 334 g/mol. The average Bonchev–Trinajstić information content (AvgIpc) is 2.86. The second-order valence-corrected chi connectivity index (χ2v) is 6.12. The molecule has 0 saturated heterocycles. The number of rotatable bonds is 4. The van der Waals surface area contributed by atoms with Gasteiger partial charge in [0.05, 0.1) is 11.0 Å². The molecule has 16 heavy (non-hydrogen) atoms. The van der Waals surface area contributed by atoms with E-state index in [9.17, 15) is 0 Å². The highest BCUT2D eigenvalue weighted by Gasteiger charge is 2.21. The Morgan fingerprint density at radius 1 is 1.44 bits per heavy atom. The molecule has 2 nitrogen and oxygen atoms in total. The van der Waals surface area contributed by atoms with Crippen molar-refractivity contribution in [1.82, 2.24) is 5.32 Å². The Labute approximate surface area is 113 Å². The Bertz CT molecular complexity index is 325. The lowest BCUT2D eigenvalue weighted by Gasteiger charge is -2.19. The number of nitrogens with one attached hydrogen (secondary N) is 1. The van der Waals surface area contributed by atoms with E-state index < -0.39 is 0 Å². The van der Waals surface area contributed by atoms with Crippen LogP contribution in [0.1, 0.15) is 38.4 Å². The third kappa shape index (κ3) is 3.11. The van der Waals surface area contributed by atoms with Gasteiger partial charge in [0.2, 0.25) is 0 Å². The number of hydrogen-bond donors (Lipinski definition) is 1. The monoisotopic (exact) mass is 349 g/mol. The van der Waals surface area contributed by atoms with Gasteiger partial charge in [-0.25, -0.2) is 0 Å². The molecule has 0 unspecified atom stereocenters. The number of furan rings is 1. The van der Waals surface area contributed by atoms with Crippen LogP contribution in [0.5, 0.6) is 0 Å². The van der Waals surface area contributed by atoms with Crippen LogP contribution in [-0.4, -0.2) is 6.04 Å². The highest BCUT2D eigenvalue weighted by atomic mass is 79.9. The lowest BCUT2D eigenvalue weighted by molar-refractivity contribution is 0.360. The van der Waals surface area contributed by atoms with Crippen molar-refractivity contribution >= 4 is 31.9 Å². The normalized spacial score (nSPS) is 19.2. The van der Waals surface area contributed by atoms with Gasteiger partial charge in [0.15, 0.2) is 4.67 Å². The lowest BCUT2D eigenvalue weighted by atomic mass is 10.00. The highest BCUT2D eigenvalue weighted by Crippen LogP contribution is 2.29. The molecule has 1 heterocycles. The van der Waals surface area contributed by atoms with Crippen LogP contribution in [0.3, 0.4) is 0 Å². The summed E-state index contributed by atoms with van der Waals surface area (Å²) in [7, 11) is 0. The smallest absolute Gasteiger partial charge is 0.183 e. The van der Waals surface area contributed by atoms with E-state index in [1.54, 1.807) is 0 Å². The zero-order valence-electron chi connectivity index (χ0n) is 9.43. The summed E-state index contributed by atoms with van der Waals surface area (Å²) in [4.78, 5) is 0. The lowest BCUT2D eigenvalue weighted by Crippen LogP contribution is -2.31. The van der Waals surface area contributed by atoms with Crippen LogP contribution < -0.4 is 5.32 Å². The minimum Gasteiger partial charge on any atom is -0.452 e. The Morgan fingerprint density at radius 2 is 2.12 bits per heavy atom. The van der Waals surface area contributed by atoms with Gasteiger partial charge in [-0.1, -0.05) is 12.8 Å². The van der Waals surface area contributed by atoms with Gasteiger partial charge >= 0.3 is 0 Å².